The van der Waals surface area contributed by atoms with Gasteiger partial charge in [0.2, 0.25) is 0 Å². The number of likely N-dealkylation sites (tertiary alicyclic amines) is 1. The van der Waals surface area contributed by atoms with Crippen LogP contribution in [0.5, 0.6) is 5.75 Å². The zero-order valence-electron chi connectivity index (χ0n) is 17.3. The fraction of sp³-hybridized carbons (Fsp3) is 0.400. The average Bonchev–Trinajstić information content (AvgIpc) is 2.93. The van der Waals surface area contributed by atoms with Crippen molar-refractivity contribution >= 4 is 12.4 Å². The number of hydrogen-bond acceptors (Lipinski definition) is 3. The van der Waals surface area contributed by atoms with Crippen LogP contribution in [-0.4, -0.2) is 36.9 Å². The van der Waals surface area contributed by atoms with Crippen LogP contribution in [0.15, 0.2) is 48.5 Å². The number of hydrogen-bond donors (Lipinski definition) is 0. The van der Waals surface area contributed by atoms with Gasteiger partial charge in [-0.3, -0.25) is 4.90 Å². The SMILES string of the molecule is O=CC1CN(C2CCCc3c(cccc3OC/C=C/c3ccc(C(F)(F)F)cc3)C2)C1. The molecule has 1 unspecified atom stereocenters. The quantitative estimate of drug-likeness (QED) is 0.468. The largest absolute Gasteiger partial charge is 0.489 e. The maximum absolute atomic E-state index is 12.7. The number of benzene rings is 2. The molecule has 1 saturated heterocycles. The number of halogens is 3. The van der Waals surface area contributed by atoms with Crippen LogP contribution in [0.1, 0.15) is 35.1 Å². The highest BCUT2D eigenvalue weighted by Gasteiger charge is 2.33. The number of nitrogens with zero attached hydrogens (tertiary/aromatic N) is 1. The van der Waals surface area contributed by atoms with Crippen molar-refractivity contribution in [2.45, 2.75) is 37.9 Å². The van der Waals surface area contributed by atoms with Gasteiger partial charge in [0.15, 0.2) is 0 Å². The summed E-state index contributed by atoms with van der Waals surface area (Å²) in [6, 6.07) is 11.7. The van der Waals surface area contributed by atoms with Crippen LogP contribution in [0.3, 0.4) is 0 Å². The number of alkyl halides is 3. The summed E-state index contributed by atoms with van der Waals surface area (Å²) in [6.07, 6.45) is 4.48. The summed E-state index contributed by atoms with van der Waals surface area (Å²) in [6.45, 7) is 2.09. The Morgan fingerprint density at radius 3 is 2.58 bits per heavy atom. The molecule has 164 valence electrons. The molecule has 1 aliphatic heterocycles. The fourth-order valence-electron chi connectivity index (χ4n) is 4.44. The van der Waals surface area contributed by atoms with E-state index in [0.717, 1.165) is 62.9 Å². The molecule has 1 heterocycles. The average molecular weight is 429 g/mol. The van der Waals surface area contributed by atoms with Crippen molar-refractivity contribution in [3.05, 3.63) is 70.8 Å². The van der Waals surface area contributed by atoms with Crippen molar-refractivity contribution in [3.63, 3.8) is 0 Å². The lowest BCUT2D eigenvalue weighted by molar-refractivity contribution is -0.137. The Morgan fingerprint density at radius 1 is 1.10 bits per heavy atom. The van der Waals surface area contributed by atoms with E-state index < -0.39 is 11.7 Å². The molecule has 0 bridgehead atoms. The van der Waals surface area contributed by atoms with Crippen molar-refractivity contribution in [3.8, 4) is 5.75 Å². The van der Waals surface area contributed by atoms with E-state index in [4.69, 9.17) is 4.74 Å². The molecule has 1 fully saturated rings. The zero-order valence-corrected chi connectivity index (χ0v) is 17.3. The van der Waals surface area contributed by atoms with Gasteiger partial charge in [-0.1, -0.05) is 30.3 Å². The van der Waals surface area contributed by atoms with Gasteiger partial charge >= 0.3 is 6.18 Å². The minimum absolute atomic E-state index is 0.189. The van der Waals surface area contributed by atoms with Gasteiger partial charge in [-0.2, -0.15) is 13.2 Å². The van der Waals surface area contributed by atoms with E-state index in [-0.39, 0.29) is 5.92 Å². The highest BCUT2D eigenvalue weighted by atomic mass is 19.4. The minimum atomic E-state index is -4.32. The van der Waals surface area contributed by atoms with Crippen molar-refractivity contribution < 1.29 is 22.7 Å². The summed E-state index contributed by atoms with van der Waals surface area (Å²) in [4.78, 5) is 13.3. The molecule has 0 amide bonds. The molecule has 3 nitrogen and oxygen atoms in total. The lowest BCUT2D eigenvalue weighted by atomic mass is 9.94. The van der Waals surface area contributed by atoms with Crippen LogP contribution < -0.4 is 4.74 Å². The van der Waals surface area contributed by atoms with Crippen molar-refractivity contribution in [2.75, 3.05) is 19.7 Å². The van der Waals surface area contributed by atoms with E-state index in [2.05, 4.69) is 11.0 Å². The van der Waals surface area contributed by atoms with Crippen molar-refractivity contribution in [2.24, 2.45) is 5.92 Å². The molecule has 2 aliphatic rings. The smallest absolute Gasteiger partial charge is 0.416 e. The van der Waals surface area contributed by atoms with E-state index in [0.29, 0.717) is 18.2 Å². The first kappa shape index (κ1) is 21.6. The second-order valence-electron chi connectivity index (χ2n) is 8.33. The van der Waals surface area contributed by atoms with Gasteiger partial charge in [0.05, 0.1) is 5.56 Å². The first-order valence-corrected chi connectivity index (χ1v) is 10.7. The molecule has 0 saturated carbocycles. The molecule has 0 N–H and O–H groups in total. The lowest BCUT2D eigenvalue weighted by Gasteiger charge is -2.42. The van der Waals surface area contributed by atoms with Crippen LogP contribution in [0.4, 0.5) is 13.2 Å². The van der Waals surface area contributed by atoms with Gasteiger partial charge in [-0.05, 0) is 66.6 Å². The molecular weight excluding hydrogens is 403 g/mol. The van der Waals surface area contributed by atoms with Gasteiger partial charge in [0.25, 0.3) is 0 Å². The molecule has 0 aromatic heterocycles. The summed E-state index contributed by atoms with van der Waals surface area (Å²) < 4.78 is 44.0. The van der Waals surface area contributed by atoms with Gasteiger partial charge in [0, 0.05) is 25.0 Å². The van der Waals surface area contributed by atoms with Crippen LogP contribution in [-0.2, 0) is 23.8 Å². The topological polar surface area (TPSA) is 29.5 Å². The molecule has 1 aliphatic carbocycles. The van der Waals surface area contributed by atoms with Crippen molar-refractivity contribution in [1.29, 1.82) is 0 Å². The van der Waals surface area contributed by atoms with Crippen molar-refractivity contribution in [1.82, 2.24) is 4.90 Å². The van der Waals surface area contributed by atoms with Crippen LogP contribution in [0, 0.1) is 5.92 Å². The minimum Gasteiger partial charge on any atom is -0.489 e. The standard InChI is InChI=1S/C25H26F3NO2/c26-25(27,28)21-11-9-18(10-12-21)4-3-13-31-24-8-1-5-20-14-22(6-2-7-23(20)24)29-15-19(16-29)17-30/h1,3-5,8-12,17,19,22H,2,6-7,13-16H2/b4-3+. The zero-order chi connectivity index (χ0) is 21.8. The number of aldehydes is 1. The number of carbonyl (C=O) groups is 1. The molecule has 31 heavy (non-hydrogen) atoms. The molecule has 2 aromatic rings. The molecule has 0 spiro atoms. The van der Waals surface area contributed by atoms with E-state index in [1.807, 2.05) is 18.2 Å². The molecule has 6 heteroatoms. The third-order valence-electron chi connectivity index (χ3n) is 6.18. The molecule has 1 atom stereocenters. The second kappa shape index (κ2) is 9.27. The summed E-state index contributed by atoms with van der Waals surface area (Å²) in [7, 11) is 0. The monoisotopic (exact) mass is 429 g/mol. The van der Waals surface area contributed by atoms with E-state index in [1.54, 1.807) is 6.08 Å². The second-order valence-corrected chi connectivity index (χ2v) is 8.33. The Kier molecular flexibility index (Phi) is 6.46. The third kappa shape index (κ3) is 5.18. The normalized spacial score (nSPS) is 20.2. The Hall–Kier alpha value is -2.60. The Morgan fingerprint density at radius 2 is 1.87 bits per heavy atom. The van der Waals surface area contributed by atoms with Gasteiger partial charge in [-0.15, -0.1) is 0 Å². The summed E-state index contributed by atoms with van der Waals surface area (Å²) in [5, 5.41) is 0. The van der Waals surface area contributed by atoms with Crippen LogP contribution >= 0.6 is 0 Å². The predicted octanol–water partition coefficient (Wildman–Crippen LogP) is 5.18. The van der Waals surface area contributed by atoms with Gasteiger partial charge in [-0.25, -0.2) is 0 Å². The first-order valence-electron chi connectivity index (χ1n) is 10.7. The maximum Gasteiger partial charge on any atom is 0.416 e. The number of rotatable bonds is 6. The summed E-state index contributed by atoms with van der Waals surface area (Å²) >= 11 is 0. The highest BCUT2D eigenvalue weighted by molar-refractivity contribution is 5.56. The first-order chi connectivity index (χ1) is 14.9. The fourth-order valence-corrected chi connectivity index (χ4v) is 4.44. The summed E-state index contributed by atoms with van der Waals surface area (Å²) in [5.41, 5.74) is 2.61. The third-order valence-corrected chi connectivity index (χ3v) is 6.18. The number of carbonyl (C=O) groups excluding carboxylic acids is 1. The Labute approximate surface area is 180 Å². The predicted molar refractivity (Wildman–Crippen MR) is 114 cm³/mol. The molecule has 2 aromatic carbocycles. The summed E-state index contributed by atoms with van der Waals surface area (Å²) in [5.74, 6) is 1.07. The Balaban J connectivity index is 1.36. The van der Waals surface area contributed by atoms with E-state index in [1.165, 1.54) is 23.3 Å². The van der Waals surface area contributed by atoms with Gasteiger partial charge in [0.1, 0.15) is 18.6 Å². The molecule has 0 radical (unpaired) electrons. The maximum atomic E-state index is 12.7. The number of ether oxygens (including phenoxy) is 1. The molecular formula is C25H26F3NO2. The van der Waals surface area contributed by atoms with E-state index in [9.17, 15) is 18.0 Å². The van der Waals surface area contributed by atoms with Gasteiger partial charge < -0.3 is 9.53 Å². The van der Waals surface area contributed by atoms with E-state index >= 15 is 0 Å². The lowest BCUT2D eigenvalue weighted by Crippen LogP contribution is -2.53. The number of fused-ring (bicyclic) bond motifs is 1. The van der Waals surface area contributed by atoms with Crippen LogP contribution in [0.2, 0.25) is 0 Å². The Bertz CT molecular complexity index is 931. The highest BCUT2D eigenvalue weighted by Crippen LogP contribution is 2.33. The molecule has 4 rings (SSSR count). The van der Waals surface area contributed by atoms with Crippen LogP contribution in [0.25, 0.3) is 6.08 Å².